The molecular weight excluding hydrogens is 655 g/mol. The van der Waals surface area contributed by atoms with Crippen molar-refractivity contribution in [3.05, 3.63) is 164 Å². The van der Waals surface area contributed by atoms with Gasteiger partial charge in [-0.1, -0.05) is 112 Å². The summed E-state index contributed by atoms with van der Waals surface area (Å²) in [6, 6.07) is 51.2. The molecule has 1 aliphatic rings. The van der Waals surface area contributed by atoms with Gasteiger partial charge in [0, 0.05) is 23.1 Å². The lowest BCUT2D eigenvalue weighted by Crippen LogP contribution is -2.74. The second-order valence-electron chi connectivity index (χ2n) is 14.5. The number of imidazole rings is 2. The Kier molecular flexibility index (Phi) is 6.66. The monoisotopic (exact) mass is 689 g/mol. The maximum Gasteiger partial charge on any atom is 0.220 e. The Morgan fingerprint density at radius 3 is 2.02 bits per heavy atom. The summed E-state index contributed by atoms with van der Waals surface area (Å²) in [5.74, 6) is 2.25. The van der Waals surface area contributed by atoms with E-state index in [1.807, 2.05) is 30.6 Å². The minimum atomic E-state index is -2.85. The quantitative estimate of drug-likeness (QED) is 0.174. The molecule has 0 radical (unpaired) electrons. The van der Waals surface area contributed by atoms with E-state index >= 15 is 0 Å². The van der Waals surface area contributed by atoms with Crippen LogP contribution < -0.4 is 25.6 Å². The number of hydrogen-bond acceptors (Lipinski definition) is 4. The van der Waals surface area contributed by atoms with Gasteiger partial charge >= 0.3 is 0 Å². The number of para-hydroxylation sites is 4. The zero-order chi connectivity index (χ0) is 35.0. The van der Waals surface area contributed by atoms with E-state index in [2.05, 4.69) is 157 Å². The zero-order valence-electron chi connectivity index (χ0n) is 29.2. The summed E-state index contributed by atoms with van der Waals surface area (Å²) in [4.78, 5) is 15.5. The predicted octanol–water partition coefficient (Wildman–Crippen LogP) is 7.67. The van der Waals surface area contributed by atoms with Crippen LogP contribution in [0.25, 0.3) is 44.8 Å². The first kappa shape index (κ1) is 30.5. The van der Waals surface area contributed by atoms with Gasteiger partial charge in [-0.25, -0.2) is 4.98 Å². The van der Waals surface area contributed by atoms with Gasteiger partial charge in [0.05, 0.1) is 39.6 Å². The van der Waals surface area contributed by atoms with Crippen molar-refractivity contribution in [2.24, 2.45) is 0 Å². The van der Waals surface area contributed by atoms with E-state index in [0.29, 0.717) is 5.75 Å². The molecule has 5 aromatic carbocycles. The topological polar surface area (TPSA) is 57.2 Å². The summed E-state index contributed by atoms with van der Waals surface area (Å²) in [5.41, 5.74) is 8.43. The smallest absolute Gasteiger partial charge is 0.220 e. The molecule has 6 nitrogen and oxygen atoms in total. The highest BCUT2D eigenvalue weighted by molar-refractivity contribution is 7.22. The van der Waals surface area contributed by atoms with Crippen molar-refractivity contribution < 1.29 is 4.74 Å². The van der Waals surface area contributed by atoms with Crippen LogP contribution >= 0.6 is 0 Å². The van der Waals surface area contributed by atoms with Gasteiger partial charge in [-0.15, -0.1) is 0 Å². The molecule has 0 atom stereocenters. The van der Waals surface area contributed by atoms with Gasteiger partial charge in [-0.3, -0.25) is 18.9 Å². The van der Waals surface area contributed by atoms with E-state index in [1.165, 1.54) is 21.1 Å². The summed E-state index contributed by atoms with van der Waals surface area (Å²) in [6.45, 7) is 6.89. The van der Waals surface area contributed by atoms with E-state index < -0.39 is 8.07 Å². The number of fused-ring (bicyclic) bond motifs is 8. The van der Waals surface area contributed by atoms with E-state index in [4.69, 9.17) is 19.7 Å². The third-order valence-corrected chi connectivity index (χ3v) is 15.2. The van der Waals surface area contributed by atoms with Crippen LogP contribution in [0.15, 0.2) is 158 Å². The molecule has 5 heterocycles. The number of pyridine rings is 2. The lowest BCUT2D eigenvalue weighted by Gasteiger charge is -2.34. The number of rotatable bonds is 5. The van der Waals surface area contributed by atoms with Gasteiger partial charge in [0.1, 0.15) is 11.5 Å². The third kappa shape index (κ3) is 4.39. The van der Waals surface area contributed by atoms with E-state index in [-0.39, 0.29) is 5.41 Å². The average Bonchev–Trinajstić information content (AvgIpc) is 3.81. The Hall–Kier alpha value is -6.31. The van der Waals surface area contributed by atoms with Crippen molar-refractivity contribution in [1.82, 2.24) is 23.9 Å². The molecule has 10 rings (SSSR count). The maximum atomic E-state index is 6.70. The van der Waals surface area contributed by atoms with Gasteiger partial charge < -0.3 is 4.74 Å². The second-order valence-corrected chi connectivity index (χ2v) is 18.2. The maximum absolute atomic E-state index is 6.70. The largest absolute Gasteiger partial charge is 0.456 e. The molecule has 9 aromatic rings. The highest BCUT2D eigenvalue weighted by atomic mass is 28.3. The molecule has 0 aliphatic carbocycles. The summed E-state index contributed by atoms with van der Waals surface area (Å²) in [5, 5.41) is 5.01. The van der Waals surface area contributed by atoms with Crippen molar-refractivity contribution in [3.63, 3.8) is 0 Å². The van der Waals surface area contributed by atoms with Crippen LogP contribution in [0, 0.1) is 0 Å². The Balaban J connectivity index is 1.14. The Bertz CT molecular complexity index is 2780. The number of aromatic nitrogens is 5. The molecule has 0 saturated heterocycles. The molecule has 0 saturated carbocycles. The SMILES string of the molecule is CC(C)(C)c1ccnc2c1[Si](c1ccccc1)(c1ccccc1)c1ncc(Oc3cccc(-n4c5ccccc5n5c6ccccc6nc45)c3)cc1-2. The molecule has 0 spiro atoms. The normalized spacial score (nSPS) is 13.4. The van der Waals surface area contributed by atoms with Gasteiger partial charge in [-0.05, 0) is 75.1 Å². The van der Waals surface area contributed by atoms with Crippen LogP contribution in [0.3, 0.4) is 0 Å². The predicted molar refractivity (Wildman–Crippen MR) is 213 cm³/mol. The first-order valence-electron chi connectivity index (χ1n) is 17.7. The number of ether oxygens (including phenoxy) is 1. The lowest BCUT2D eigenvalue weighted by atomic mass is 9.87. The standard InChI is InChI=1S/C45H35N5OSi/c1-45(2,3)36-25-26-46-41-35-28-32(29-47-43(35)52(42(36)41,33-17-6-4-7-18-33)34-19-8-5-9-20-34)51-31-16-14-15-30(27-31)49-39-23-12-13-24-40(39)50-38-22-11-10-21-37(38)48-44(49)50/h4-29H,1-3H3. The van der Waals surface area contributed by atoms with E-state index in [0.717, 1.165) is 55.9 Å². The second kappa shape index (κ2) is 11.3. The Labute approximate surface area is 302 Å². The first-order chi connectivity index (χ1) is 25.4. The molecular formula is C45H35N5OSi. The fraction of sp³-hybridized carbons (Fsp3) is 0.0889. The van der Waals surface area contributed by atoms with Crippen LogP contribution in [0.4, 0.5) is 0 Å². The van der Waals surface area contributed by atoms with Crippen molar-refractivity contribution in [2.45, 2.75) is 26.2 Å². The minimum absolute atomic E-state index is 0.106. The van der Waals surface area contributed by atoms with Crippen LogP contribution in [-0.2, 0) is 5.41 Å². The molecule has 0 N–H and O–H groups in total. The molecule has 0 unspecified atom stereocenters. The number of benzene rings is 5. The molecule has 0 bridgehead atoms. The molecule has 4 aromatic heterocycles. The third-order valence-electron chi connectivity index (χ3n) is 10.4. The molecule has 0 amide bonds. The van der Waals surface area contributed by atoms with Crippen LogP contribution in [-0.4, -0.2) is 32.0 Å². The van der Waals surface area contributed by atoms with Crippen LogP contribution in [0.2, 0.25) is 0 Å². The zero-order valence-corrected chi connectivity index (χ0v) is 30.2. The highest BCUT2D eigenvalue weighted by Gasteiger charge is 2.53. The van der Waals surface area contributed by atoms with Crippen molar-refractivity contribution in [1.29, 1.82) is 0 Å². The fourth-order valence-electron chi connectivity index (χ4n) is 8.30. The van der Waals surface area contributed by atoms with Crippen LogP contribution in [0.5, 0.6) is 11.5 Å². The number of hydrogen-bond donors (Lipinski definition) is 0. The van der Waals surface area contributed by atoms with E-state index in [9.17, 15) is 0 Å². The van der Waals surface area contributed by atoms with Crippen molar-refractivity contribution in [3.8, 4) is 28.4 Å². The van der Waals surface area contributed by atoms with Gasteiger partial charge in [0.25, 0.3) is 0 Å². The fourth-order valence-corrected chi connectivity index (χ4v) is 13.7. The van der Waals surface area contributed by atoms with Crippen LogP contribution in [0.1, 0.15) is 26.3 Å². The molecule has 7 heteroatoms. The van der Waals surface area contributed by atoms with Gasteiger partial charge in [0.15, 0.2) is 0 Å². The molecule has 0 fully saturated rings. The molecule has 250 valence electrons. The van der Waals surface area contributed by atoms with E-state index in [1.54, 1.807) is 0 Å². The van der Waals surface area contributed by atoms with Crippen molar-refractivity contribution >= 4 is 56.8 Å². The summed E-state index contributed by atoms with van der Waals surface area (Å²) in [7, 11) is -2.85. The van der Waals surface area contributed by atoms with Crippen molar-refractivity contribution in [2.75, 3.05) is 0 Å². The minimum Gasteiger partial charge on any atom is -0.456 e. The lowest BCUT2D eigenvalue weighted by molar-refractivity contribution is 0.480. The summed E-state index contributed by atoms with van der Waals surface area (Å²) in [6.07, 6.45) is 3.86. The molecule has 1 aliphatic heterocycles. The van der Waals surface area contributed by atoms with Gasteiger partial charge in [0.2, 0.25) is 13.9 Å². The Morgan fingerprint density at radius 2 is 1.29 bits per heavy atom. The molecule has 52 heavy (non-hydrogen) atoms. The first-order valence-corrected chi connectivity index (χ1v) is 19.7. The highest BCUT2D eigenvalue weighted by Crippen LogP contribution is 2.36. The average molecular weight is 690 g/mol. The van der Waals surface area contributed by atoms with Gasteiger partial charge in [-0.2, -0.15) is 0 Å². The number of nitrogens with zero attached hydrogens (tertiary/aromatic N) is 5. The summed E-state index contributed by atoms with van der Waals surface area (Å²) < 4.78 is 11.1. The summed E-state index contributed by atoms with van der Waals surface area (Å²) >= 11 is 0. The Morgan fingerprint density at radius 1 is 0.615 bits per heavy atom.